The van der Waals surface area contributed by atoms with E-state index in [1.165, 1.54) is 0 Å². The van der Waals surface area contributed by atoms with Crippen molar-refractivity contribution in [1.29, 1.82) is 0 Å². The Hall–Kier alpha value is -1.00. The van der Waals surface area contributed by atoms with Gasteiger partial charge in [0, 0.05) is 12.8 Å². The van der Waals surface area contributed by atoms with Gasteiger partial charge < -0.3 is 44.6 Å². The molecule has 18 heteroatoms. The van der Waals surface area contributed by atoms with Gasteiger partial charge in [-0.3, -0.25) is 23.2 Å². The molecular formula is C25H48O16P2. The number of phosphoric acid groups is 2. The summed E-state index contributed by atoms with van der Waals surface area (Å²) in [7, 11) is -10.6. The van der Waals surface area contributed by atoms with Gasteiger partial charge in [-0.05, 0) is 12.8 Å². The minimum Gasteiger partial charge on any atom is -0.462 e. The molecule has 0 aromatic heterocycles. The van der Waals surface area contributed by atoms with Crippen LogP contribution in [0, 0.1) is 0 Å². The quantitative estimate of drug-likeness (QED) is 0.0492. The summed E-state index contributed by atoms with van der Waals surface area (Å²) >= 11 is 0. The number of aliphatic hydroxyl groups excluding tert-OH is 4. The highest BCUT2D eigenvalue weighted by atomic mass is 31.2. The predicted molar refractivity (Wildman–Crippen MR) is 149 cm³/mol. The number of unbranched alkanes of at least 4 members (excludes halogenated alkanes) is 8. The van der Waals surface area contributed by atoms with Gasteiger partial charge in [-0.1, -0.05) is 65.2 Å². The van der Waals surface area contributed by atoms with Gasteiger partial charge in [0.15, 0.2) is 6.10 Å². The number of hydrogen-bond acceptors (Lipinski definition) is 13. The van der Waals surface area contributed by atoms with Crippen LogP contribution < -0.4 is 0 Å². The van der Waals surface area contributed by atoms with E-state index in [9.17, 15) is 44.0 Å². The zero-order chi connectivity index (χ0) is 32.6. The molecule has 1 rings (SSSR count). The fourth-order valence-corrected chi connectivity index (χ4v) is 5.86. The van der Waals surface area contributed by atoms with Crippen LogP contribution in [-0.2, 0) is 41.8 Å². The Morgan fingerprint density at radius 3 is 1.65 bits per heavy atom. The minimum absolute atomic E-state index is 0.0422. The fourth-order valence-electron chi connectivity index (χ4n) is 4.32. The first-order chi connectivity index (χ1) is 20.1. The average Bonchev–Trinajstić information content (AvgIpc) is 2.93. The van der Waals surface area contributed by atoms with Crippen LogP contribution in [0.3, 0.4) is 0 Å². The molecule has 16 nitrogen and oxygen atoms in total. The zero-order valence-electron chi connectivity index (χ0n) is 24.6. The molecule has 0 aromatic rings. The maximum Gasteiger partial charge on any atom is 0.472 e. The van der Waals surface area contributed by atoms with E-state index in [0.717, 1.165) is 51.4 Å². The lowest BCUT2D eigenvalue weighted by Crippen LogP contribution is -2.64. The fraction of sp³-hybridized carbons (Fsp3) is 0.920. The van der Waals surface area contributed by atoms with Crippen molar-refractivity contribution in [3.05, 3.63) is 0 Å². The third-order valence-corrected chi connectivity index (χ3v) is 8.18. The number of hydrogen-bond donors (Lipinski definition) is 7. The van der Waals surface area contributed by atoms with Gasteiger partial charge in [-0.15, -0.1) is 0 Å². The topological polar surface area (TPSA) is 256 Å². The first-order valence-electron chi connectivity index (χ1n) is 14.6. The molecular weight excluding hydrogens is 618 g/mol. The molecule has 0 bridgehead atoms. The molecule has 0 aromatic carbocycles. The summed E-state index contributed by atoms with van der Waals surface area (Å²) in [5, 5.41) is 40.6. The SMILES string of the molecule is CCCCCCCC(=O)OCC(COP(=O)(O)OC1C(O)C(O)C(O)C(OP(=O)(O)O)C1O)OC(=O)CCCCCCC. The second kappa shape index (κ2) is 20.2. The van der Waals surface area contributed by atoms with E-state index in [1.807, 2.05) is 6.92 Å². The average molecular weight is 667 g/mol. The van der Waals surface area contributed by atoms with Crippen LogP contribution in [0.5, 0.6) is 0 Å². The van der Waals surface area contributed by atoms with E-state index in [1.54, 1.807) is 0 Å². The van der Waals surface area contributed by atoms with Crippen LogP contribution in [0.25, 0.3) is 0 Å². The van der Waals surface area contributed by atoms with Crippen LogP contribution in [0.4, 0.5) is 0 Å². The van der Waals surface area contributed by atoms with Gasteiger partial charge in [0.25, 0.3) is 0 Å². The Morgan fingerprint density at radius 2 is 1.14 bits per heavy atom. The second-order valence-corrected chi connectivity index (χ2v) is 13.1. The second-order valence-electron chi connectivity index (χ2n) is 10.5. The number of phosphoric ester groups is 2. The van der Waals surface area contributed by atoms with Gasteiger partial charge in [0.2, 0.25) is 0 Å². The Balaban J connectivity index is 2.84. The molecule has 1 aliphatic rings. The van der Waals surface area contributed by atoms with Gasteiger partial charge in [-0.25, -0.2) is 9.13 Å². The molecule has 0 amide bonds. The molecule has 8 unspecified atom stereocenters. The van der Waals surface area contributed by atoms with E-state index in [2.05, 4.69) is 11.4 Å². The van der Waals surface area contributed by atoms with E-state index >= 15 is 0 Å². The van der Waals surface area contributed by atoms with Crippen LogP contribution in [0.15, 0.2) is 0 Å². The Kier molecular flexibility index (Phi) is 18.8. The molecule has 1 aliphatic carbocycles. The Morgan fingerprint density at radius 1 is 0.651 bits per heavy atom. The molecule has 0 radical (unpaired) electrons. The third-order valence-electron chi connectivity index (χ3n) is 6.68. The van der Waals surface area contributed by atoms with Crippen molar-refractivity contribution in [3.63, 3.8) is 0 Å². The van der Waals surface area contributed by atoms with Crippen molar-refractivity contribution in [2.75, 3.05) is 13.2 Å². The molecule has 254 valence electrons. The molecule has 0 spiro atoms. The first-order valence-corrected chi connectivity index (χ1v) is 17.6. The standard InChI is InChI=1S/C25H48O16P2/c1-3-5-7-9-11-13-18(26)37-15-17(39-19(27)14-12-10-8-6-4-2)16-38-43(35,36)41-25-22(30)20(28)21(29)24(23(25)31)40-42(32,33)34/h17,20-25,28-31H,3-16H2,1-2H3,(H,35,36)(H2,32,33,34). The van der Waals surface area contributed by atoms with Crippen LogP contribution in [0.1, 0.15) is 90.9 Å². The number of aliphatic hydroxyl groups is 4. The largest absolute Gasteiger partial charge is 0.472 e. The summed E-state index contributed by atoms with van der Waals surface area (Å²) in [6, 6.07) is 0. The first kappa shape index (κ1) is 40.0. The third kappa shape index (κ3) is 16.2. The number of carbonyl (C=O) groups is 2. The Bertz CT molecular complexity index is 914. The lowest BCUT2D eigenvalue weighted by molar-refractivity contribution is -0.216. The van der Waals surface area contributed by atoms with Crippen LogP contribution >= 0.6 is 15.6 Å². The van der Waals surface area contributed by atoms with Gasteiger partial charge >= 0.3 is 27.6 Å². The lowest BCUT2D eigenvalue weighted by atomic mass is 9.85. The van der Waals surface area contributed by atoms with Gasteiger partial charge in [0.1, 0.15) is 43.2 Å². The summed E-state index contributed by atoms with van der Waals surface area (Å²) in [5.74, 6) is -1.24. The molecule has 0 heterocycles. The number of ether oxygens (including phenoxy) is 2. The maximum absolute atomic E-state index is 12.7. The number of rotatable bonds is 22. The molecule has 7 N–H and O–H groups in total. The van der Waals surface area contributed by atoms with Crippen molar-refractivity contribution in [3.8, 4) is 0 Å². The normalized spacial score (nSPS) is 26.4. The van der Waals surface area contributed by atoms with Crippen molar-refractivity contribution in [2.45, 2.75) is 134 Å². The molecule has 0 aliphatic heterocycles. The van der Waals surface area contributed by atoms with E-state index in [-0.39, 0.29) is 12.8 Å². The summed E-state index contributed by atoms with van der Waals surface area (Å²) in [6.45, 7) is 2.77. The predicted octanol–water partition coefficient (Wildman–Crippen LogP) is 1.60. The zero-order valence-corrected chi connectivity index (χ0v) is 26.4. The highest BCUT2D eigenvalue weighted by Crippen LogP contribution is 2.48. The van der Waals surface area contributed by atoms with Gasteiger partial charge in [0.05, 0.1) is 6.61 Å². The monoisotopic (exact) mass is 666 g/mol. The minimum atomic E-state index is -5.34. The summed E-state index contributed by atoms with van der Waals surface area (Å²) in [5.41, 5.74) is 0. The van der Waals surface area contributed by atoms with E-state index in [0.29, 0.717) is 12.8 Å². The van der Waals surface area contributed by atoms with E-state index < -0.39 is 83.5 Å². The molecule has 43 heavy (non-hydrogen) atoms. The highest BCUT2D eigenvalue weighted by molar-refractivity contribution is 7.47. The summed E-state index contributed by atoms with van der Waals surface area (Å²) in [6.07, 6.45) is -5.81. The van der Waals surface area contributed by atoms with E-state index in [4.69, 9.17) is 28.3 Å². The van der Waals surface area contributed by atoms with Gasteiger partial charge in [-0.2, -0.15) is 0 Å². The van der Waals surface area contributed by atoms with Crippen molar-refractivity contribution in [1.82, 2.24) is 0 Å². The highest BCUT2D eigenvalue weighted by Gasteiger charge is 2.54. The van der Waals surface area contributed by atoms with Crippen molar-refractivity contribution >= 4 is 27.6 Å². The Labute approximate surface area is 251 Å². The summed E-state index contributed by atoms with van der Waals surface area (Å²) in [4.78, 5) is 52.8. The molecule has 1 saturated carbocycles. The maximum atomic E-state index is 12.7. The molecule has 0 saturated heterocycles. The number of carbonyl (C=O) groups excluding carboxylic acids is 2. The van der Waals surface area contributed by atoms with Crippen molar-refractivity contribution in [2.24, 2.45) is 0 Å². The number of esters is 2. The lowest BCUT2D eigenvalue weighted by Gasteiger charge is -2.43. The summed E-state index contributed by atoms with van der Waals surface area (Å²) < 4.78 is 48.3. The van der Waals surface area contributed by atoms with Crippen LogP contribution in [0.2, 0.25) is 0 Å². The van der Waals surface area contributed by atoms with Crippen molar-refractivity contribution < 1.29 is 76.9 Å². The molecule has 8 atom stereocenters. The van der Waals surface area contributed by atoms with Crippen LogP contribution in [-0.4, -0.2) is 103 Å². The smallest absolute Gasteiger partial charge is 0.462 e. The molecule has 1 fully saturated rings.